The summed E-state index contributed by atoms with van der Waals surface area (Å²) >= 11 is 0. The molecule has 0 amide bonds. The minimum Gasteiger partial charge on any atom is -0.324 e. The van der Waals surface area contributed by atoms with Crippen LogP contribution in [0.25, 0.3) is 11.4 Å². The Morgan fingerprint density at radius 1 is 1.19 bits per heavy atom. The van der Waals surface area contributed by atoms with Gasteiger partial charge in [-0.3, -0.25) is 4.68 Å². The third kappa shape index (κ3) is 3.84. The van der Waals surface area contributed by atoms with E-state index in [1.54, 1.807) is 4.68 Å². The predicted octanol–water partition coefficient (Wildman–Crippen LogP) is 3.16. The highest BCUT2D eigenvalue weighted by Crippen LogP contribution is 2.30. The Balaban J connectivity index is 0.00000196. The van der Waals surface area contributed by atoms with Gasteiger partial charge in [-0.25, -0.2) is 9.97 Å². The van der Waals surface area contributed by atoms with E-state index < -0.39 is 0 Å². The molecular weight excluding hydrogens is 350 g/mol. The fourth-order valence-corrected chi connectivity index (χ4v) is 3.25. The summed E-state index contributed by atoms with van der Waals surface area (Å²) in [5.41, 5.74) is 9.83. The van der Waals surface area contributed by atoms with Crippen molar-refractivity contribution >= 4 is 24.2 Å². The summed E-state index contributed by atoms with van der Waals surface area (Å²) in [5, 5.41) is 7.38. The van der Waals surface area contributed by atoms with Gasteiger partial charge in [-0.15, -0.1) is 12.4 Å². The number of nitrogens with zero attached hydrogens (tertiary/aromatic N) is 5. The van der Waals surface area contributed by atoms with E-state index in [-0.39, 0.29) is 18.4 Å². The minimum atomic E-state index is 0. The van der Waals surface area contributed by atoms with Gasteiger partial charge in [0.25, 0.3) is 0 Å². The number of nitrogens with one attached hydrogen (secondary N) is 1. The first-order chi connectivity index (χ1) is 12.2. The number of hydrogen-bond donors (Lipinski definition) is 2. The second-order valence-corrected chi connectivity index (χ2v) is 6.40. The van der Waals surface area contributed by atoms with Crippen LogP contribution in [0.1, 0.15) is 36.4 Å². The molecule has 1 aliphatic rings. The Morgan fingerprint density at radius 2 is 2.08 bits per heavy atom. The summed E-state index contributed by atoms with van der Waals surface area (Å²) in [4.78, 5) is 13.0. The van der Waals surface area contributed by atoms with Gasteiger partial charge in [-0.05, 0) is 36.5 Å². The lowest BCUT2D eigenvalue weighted by molar-refractivity contribution is 0.615. The average Bonchev–Trinajstić information content (AvgIpc) is 2.93. The van der Waals surface area contributed by atoms with Crippen molar-refractivity contribution in [3.8, 4) is 11.4 Å². The van der Waals surface area contributed by atoms with Gasteiger partial charge in [0.2, 0.25) is 5.95 Å². The zero-order valence-corrected chi connectivity index (χ0v) is 15.4. The van der Waals surface area contributed by atoms with Crippen molar-refractivity contribution in [3.63, 3.8) is 0 Å². The largest absolute Gasteiger partial charge is 0.324 e. The van der Waals surface area contributed by atoms with Crippen LogP contribution < -0.4 is 11.1 Å². The Bertz CT molecular complexity index is 893. The molecule has 4 rings (SSSR count). The summed E-state index contributed by atoms with van der Waals surface area (Å²) in [5.74, 6) is 1.83. The minimum absolute atomic E-state index is 0. The van der Waals surface area contributed by atoms with Gasteiger partial charge in [0, 0.05) is 30.9 Å². The van der Waals surface area contributed by atoms with E-state index >= 15 is 0 Å². The van der Waals surface area contributed by atoms with Crippen molar-refractivity contribution in [2.75, 3.05) is 5.32 Å². The lowest BCUT2D eigenvalue weighted by Crippen LogP contribution is -2.10. The molecule has 0 radical (unpaired) electrons. The molecule has 0 saturated heterocycles. The van der Waals surface area contributed by atoms with E-state index in [4.69, 9.17) is 5.73 Å². The van der Waals surface area contributed by atoms with Crippen molar-refractivity contribution in [2.24, 2.45) is 12.8 Å². The monoisotopic (exact) mass is 371 g/mol. The Morgan fingerprint density at radius 3 is 2.88 bits per heavy atom. The molecule has 0 saturated carbocycles. The highest BCUT2D eigenvalue weighted by atomic mass is 35.5. The van der Waals surface area contributed by atoms with E-state index in [1.807, 2.05) is 25.4 Å². The molecule has 2 heterocycles. The zero-order chi connectivity index (χ0) is 17.2. The molecule has 0 bridgehead atoms. The molecule has 1 unspecified atom stereocenters. The first-order valence-corrected chi connectivity index (χ1v) is 8.53. The first-order valence-electron chi connectivity index (χ1n) is 8.53. The molecular formula is C18H22ClN7. The van der Waals surface area contributed by atoms with Gasteiger partial charge in [0.15, 0.2) is 11.6 Å². The van der Waals surface area contributed by atoms with Crippen molar-refractivity contribution in [2.45, 2.75) is 31.7 Å². The van der Waals surface area contributed by atoms with Crippen LogP contribution in [0.5, 0.6) is 0 Å². The maximum Gasteiger partial charge on any atom is 0.231 e. The van der Waals surface area contributed by atoms with E-state index in [0.717, 1.165) is 18.4 Å². The van der Waals surface area contributed by atoms with Crippen molar-refractivity contribution in [1.82, 2.24) is 24.7 Å². The molecule has 0 fully saturated rings. The molecule has 7 nitrogen and oxygen atoms in total. The number of anilines is 2. The number of benzene rings is 1. The van der Waals surface area contributed by atoms with Gasteiger partial charge in [0.05, 0.1) is 0 Å². The topological polar surface area (TPSA) is 94.5 Å². The van der Waals surface area contributed by atoms with Crippen molar-refractivity contribution in [3.05, 3.63) is 47.9 Å². The number of fused-ring (bicyclic) bond motifs is 1. The second-order valence-electron chi connectivity index (χ2n) is 6.40. The van der Waals surface area contributed by atoms with Crippen LogP contribution in [-0.2, 0) is 13.5 Å². The van der Waals surface area contributed by atoms with Crippen LogP contribution >= 0.6 is 12.4 Å². The Kier molecular flexibility index (Phi) is 5.49. The molecule has 1 aromatic carbocycles. The van der Waals surface area contributed by atoms with Crippen LogP contribution in [0, 0.1) is 0 Å². The molecule has 0 aliphatic heterocycles. The van der Waals surface area contributed by atoms with Crippen LogP contribution in [0.2, 0.25) is 0 Å². The SMILES string of the molecule is Cl.Cn1ccc(Nc2ncnc(-c3ccc4c(c3)CCCCC4N)n2)n1. The Hall–Kier alpha value is -2.51. The lowest BCUT2D eigenvalue weighted by atomic mass is 9.97. The second kappa shape index (κ2) is 7.80. The molecule has 1 atom stereocenters. The molecule has 136 valence electrons. The number of nitrogens with two attached hydrogens (primary N) is 1. The predicted molar refractivity (Wildman–Crippen MR) is 103 cm³/mol. The maximum atomic E-state index is 6.29. The molecule has 2 aromatic heterocycles. The van der Waals surface area contributed by atoms with Gasteiger partial charge in [-0.2, -0.15) is 10.1 Å². The zero-order valence-electron chi connectivity index (χ0n) is 14.6. The number of rotatable bonds is 3. The van der Waals surface area contributed by atoms with E-state index in [9.17, 15) is 0 Å². The lowest BCUT2D eigenvalue weighted by Gasteiger charge is -2.13. The summed E-state index contributed by atoms with van der Waals surface area (Å²) in [6.07, 6.45) is 7.84. The standard InChI is InChI=1S/C18H21N7.ClH/c1-25-9-8-16(24-25)22-18-21-11-20-17(23-18)13-6-7-14-12(10-13)4-2-3-5-15(14)19;/h6-11,15H,2-5,19H2,1H3,(H,20,21,22,23,24);1H. The Labute approximate surface area is 158 Å². The van der Waals surface area contributed by atoms with Gasteiger partial charge in [-0.1, -0.05) is 18.6 Å². The van der Waals surface area contributed by atoms with Crippen LogP contribution in [-0.4, -0.2) is 24.7 Å². The van der Waals surface area contributed by atoms with Gasteiger partial charge in [0.1, 0.15) is 6.33 Å². The molecule has 8 heteroatoms. The fourth-order valence-electron chi connectivity index (χ4n) is 3.25. The summed E-state index contributed by atoms with van der Waals surface area (Å²) < 4.78 is 1.72. The highest BCUT2D eigenvalue weighted by Gasteiger charge is 2.16. The van der Waals surface area contributed by atoms with E-state index in [2.05, 4.69) is 37.5 Å². The third-order valence-electron chi connectivity index (χ3n) is 4.54. The van der Waals surface area contributed by atoms with E-state index in [1.165, 1.54) is 30.3 Å². The van der Waals surface area contributed by atoms with Crippen molar-refractivity contribution in [1.29, 1.82) is 0 Å². The van der Waals surface area contributed by atoms with E-state index in [0.29, 0.717) is 17.6 Å². The summed E-state index contributed by atoms with van der Waals surface area (Å²) in [6.45, 7) is 0. The molecule has 1 aliphatic carbocycles. The summed E-state index contributed by atoms with van der Waals surface area (Å²) in [7, 11) is 1.87. The summed E-state index contributed by atoms with van der Waals surface area (Å²) in [6, 6.07) is 8.33. The fraction of sp³-hybridized carbons (Fsp3) is 0.333. The van der Waals surface area contributed by atoms with Crippen LogP contribution in [0.4, 0.5) is 11.8 Å². The van der Waals surface area contributed by atoms with Gasteiger partial charge < -0.3 is 11.1 Å². The van der Waals surface area contributed by atoms with Crippen LogP contribution in [0.3, 0.4) is 0 Å². The molecule has 0 spiro atoms. The van der Waals surface area contributed by atoms with Crippen molar-refractivity contribution < 1.29 is 0 Å². The number of hydrogen-bond acceptors (Lipinski definition) is 6. The number of aryl methyl sites for hydroxylation is 2. The molecule has 26 heavy (non-hydrogen) atoms. The van der Waals surface area contributed by atoms with Crippen LogP contribution in [0.15, 0.2) is 36.8 Å². The maximum absolute atomic E-state index is 6.29. The molecule has 3 aromatic rings. The normalized spacial score (nSPS) is 16.3. The first kappa shape index (κ1) is 18.3. The quantitative estimate of drug-likeness (QED) is 0.687. The average molecular weight is 372 g/mol. The smallest absolute Gasteiger partial charge is 0.231 e. The number of halogens is 1. The third-order valence-corrected chi connectivity index (χ3v) is 4.54. The molecule has 3 N–H and O–H groups in total. The van der Waals surface area contributed by atoms with Gasteiger partial charge >= 0.3 is 0 Å². The number of aromatic nitrogens is 5. The highest BCUT2D eigenvalue weighted by molar-refractivity contribution is 5.85.